The van der Waals surface area contributed by atoms with Crippen LogP contribution in [-0.2, 0) is 6.18 Å². The Labute approximate surface area is 141 Å². The molecular weight excluding hydrogens is 329 g/mol. The van der Waals surface area contributed by atoms with Gasteiger partial charge < -0.3 is 0 Å². The van der Waals surface area contributed by atoms with Crippen molar-refractivity contribution in [3.05, 3.63) is 83.4 Å². The first kappa shape index (κ1) is 16.7. The predicted molar refractivity (Wildman–Crippen MR) is 90.5 cm³/mol. The number of carbonyl (C=O) groups excluding carboxylic acids is 1. The molecule has 0 aromatic heterocycles. The predicted octanol–water partition coefficient (Wildman–Crippen LogP) is 4.62. The number of alkyl halides is 3. The second-order valence-corrected chi connectivity index (χ2v) is 5.35. The van der Waals surface area contributed by atoms with Crippen molar-refractivity contribution >= 4 is 22.9 Å². The van der Waals surface area contributed by atoms with Crippen molar-refractivity contribution < 1.29 is 18.0 Å². The summed E-state index contributed by atoms with van der Waals surface area (Å²) in [6, 6.07) is 17.7. The number of hydrogen-bond acceptors (Lipinski definition) is 2. The fourth-order valence-electron chi connectivity index (χ4n) is 2.42. The molecule has 0 bridgehead atoms. The van der Waals surface area contributed by atoms with Crippen LogP contribution in [0, 0.1) is 0 Å². The fraction of sp³-hybridized carbons (Fsp3) is 0.0526. The highest BCUT2D eigenvalue weighted by atomic mass is 19.4. The first-order chi connectivity index (χ1) is 11.9. The molecule has 6 heteroatoms. The van der Waals surface area contributed by atoms with E-state index in [9.17, 15) is 18.0 Å². The molecule has 0 heterocycles. The maximum Gasteiger partial charge on any atom is 0.417 e. The Balaban J connectivity index is 1.77. The largest absolute Gasteiger partial charge is 0.417 e. The smallest absolute Gasteiger partial charge is 0.267 e. The Hall–Kier alpha value is -3.15. The summed E-state index contributed by atoms with van der Waals surface area (Å²) in [5, 5.41) is 5.53. The van der Waals surface area contributed by atoms with Gasteiger partial charge in [0.25, 0.3) is 5.91 Å². The van der Waals surface area contributed by atoms with Gasteiger partial charge in [0.1, 0.15) is 0 Å². The number of hydrogen-bond donors (Lipinski definition) is 1. The van der Waals surface area contributed by atoms with Crippen molar-refractivity contribution in [1.29, 1.82) is 0 Å². The van der Waals surface area contributed by atoms with E-state index in [4.69, 9.17) is 0 Å². The van der Waals surface area contributed by atoms with Gasteiger partial charge in [0, 0.05) is 11.1 Å². The number of benzene rings is 3. The molecule has 126 valence electrons. The number of amides is 1. The molecular formula is C19H13F3N2O. The highest BCUT2D eigenvalue weighted by molar-refractivity contribution is 5.99. The molecule has 0 aliphatic carbocycles. The Morgan fingerprint density at radius 3 is 2.36 bits per heavy atom. The maximum absolute atomic E-state index is 12.9. The lowest BCUT2D eigenvalue weighted by Crippen LogP contribution is -2.18. The summed E-state index contributed by atoms with van der Waals surface area (Å²) in [6.07, 6.45) is -3.49. The van der Waals surface area contributed by atoms with Gasteiger partial charge in [0.15, 0.2) is 0 Å². The minimum absolute atomic E-state index is 0.117. The molecule has 25 heavy (non-hydrogen) atoms. The summed E-state index contributed by atoms with van der Waals surface area (Å²) in [4.78, 5) is 12.1. The van der Waals surface area contributed by atoms with Gasteiger partial charge in [-0.05, 0) is 29.0 Å². The molecule has 1 amide bonds. The van der Waals surface area contributed by atoms with Gasteiger partial charge >= 0.3 is 6.18 Å². The Morgan fingerprint density at radius 1 is 0.920 bits per heavy atom. The summed E-state index contributed by atoms with van der Waals surface area (Å²) in [6.45, 7) is 0. The van der Waals surface area contributed by atoms with Gasteiger partial charge in [-0.1, -0.05) is 48.5 Å². The highest BCUT2D eigenvalue weighted by Gasteiger charge is 2.32. The van der Waals surface area contributed by atoms with E-state index in [1.165, 1.54) is 18.2 Å². The molecule has 3 rings (SSSR count). The van der Waals surface area contributed by atoms with Gasteiger partial charge in [0.05, 0.1) is 11.8 Å². The van der Waals surface area contributed by atoms with Gasteiger partial charge in [-0.25, -0.2) is 5.43 Å². The number of hydrazone groups is 1. The average molecular weight is 342 g/mol. The number of fused-ring (bicyclic) bond motifs is 1. The summed E-state index contributed by atoms with van der Waals surface area (Å²) >= 11 is 0. The molecule has 0 fully saturated rings. The number of nitrogens with one attached hydrogen (secondary N) is 1. The minimum atomic E-state index is -4.48. The first-order valence-corrected chi connectivity index (χ1v) is 7.43. The molecule has 0 spiro atoms. The number of halogens is 3. The van der Waals surface area contributed by atoms with Crippen molar-refractivity contribution in [1.82, 2.24) is 5.43 Å². The summed E-state index contributed by atoms with van der Waals surface area (Å²) in [5.74, 6) is -0.494. The molecule has 3 aromatic rings. The third-order valence-corrected chi connectivity index (χ3v) is 3.65. The summed E-state index contributed by atoms with van der Waals surface area (Å²) in [7, 11) is 0. The zero-order chi connectivity index (χ0) is 17.9. The van der Waals surface area contributed by atoms with Gasteiger partial charge in [-0.3, -0.25) is 4.79 Å². The lowest BCUT2D eigenvalue weighted by molar-refractivity contribution is -0.137. The SMILES string of the molecule is O=C(N/N=C\c1ccccc1C(F)(F)F)c1ccc2ccccc2c1. The van der Waals surface area contributed by atoms with E-state index in [1.54, 1.807) is 18.2 Å². The fourth-order valence-corrected chi connectivity index (χ4v) is 2.42. The van der Waals surface area contributed by atoms with E-state index < -0.39 is 17.6 Å². The van der Waals surface area contributed by atoms with Crippen molar-refractivity contribution in [3.63, 3.8) is 0 Å². The van der Waals surface area contributed by atoms with Crippen LogP contribution >= 0.6 is 0 Å². The third kappa shape index (κ3) is 3.85. The number of carbonyl (C=O) groups is 1. The molecule has 0 atom stereocenters. The van der Waals surface area contributed by atoms with Crippen LogP contribution in [0.2, 0.25) is 0 Å². The molecule has 3 aromatic carbocycles. The summed E-state index contributed by atoms with van der Waals surface area (Å²) < 4.78 is 38.7. The van der Waals surface area contributed by atoms with Crippen LogP contribution in [0.3, 0.4) is 0 Å². The topological polar surface area (TPSA) is 41.5 Å². The number of rotatable bonds is 3. The molecule has 3 nitrogen and oxygen atoms in total. The van der Waals surface area contributed by atoms with Crippen LogP contribution in [0.5, 0.6) is 0 Å². The van der Waals surface area contributed by atoms with E-state index in [1.807, 2.05) is 24.3 Å². The van der Waals surface area contributed by atoms with Crippen LogP contribution in [0.25, 0.3) is 10.8 Å². The van der Waals surface area contributed by atoms with Crippen LogP contribution in [0.4, 0.5) is 13.2 Å². The standard InChI is InChI=1S/C19H13F3N2O/c20-19(21,22)17-8-4-3-7-16(17)12-23-24-18(25)15-10-9-13-5-1-2-6-14(13)11-15/h1-12H,(H,24,25)/b23-12-. The highest BCUT2D eigenvalue weighted by Crippen LogP contribution is 2.31. The second kappa shape index (κ2) is 6.76. The van der Waals surface area contributed by atoms with E-state index >= 15 is 0 Å². The minimum Gasteiger partial charge on any atom is -0.267 e. The van der Waals surface area contributed by atoms with E-state index in [0.29, 0.717) is 5.56 Å². The summed E-state index contributed by atoms with van der Waals surface area (Å²) in [5.41, 5.74) is 1.71. The zero-order valence-corrected chi connectivity index (χ0v) is 12.9. The van der Waals surface area contributed by atoms with Gasteiger partial charge in [-0.2, -0.15) is 18.3 Å². The quantitative estimate of drug-likeness (QED) is 0.547. The van der Waals surface area contributed by atoms with Crippen molar-refractivity contribution in [3.8, 4) is 0 Å². The van der Waals surface area contributed by atoms with Crippen molar-refractivity contribution in [2.75, 3.05) is 0 Å². The van der Waals surface area contributed by atoms with E-state index in [0.717, 1.165) is 23.1 Å². The normalized spacial score (nSPS) is 11.8. The molecule has 0 aliphatic heterocycles. The Bertz CT molecular complexity index is 949. The molecule has 0 aliphatic rings. The Kier molecular flexibility index (Phi) is 4.52. The first-order valence-electron chi connectivity index (χ1n) is 7.43. The Morgan fingerprint density at radius 2 is 1.60 bits per heavy atom. The van der Waals surface area contributed by atoms with E-state index in [-0.39, 0.29) is 5.56 Å². The zero-order valence-electron chi connectivity index (χ0n) is 12.9. The van der Waals surface area contributed by atoms with Crippen molar-refractivity contribution in [2.24, 2.45) is 5.10 Å². The monoisotopic (exact) mass is 342 g/mol. The van der Waals surface area contributed by atoms with Gasteiger partial charge in [0.2, 0.25) is 0 Å². The molecule has 0 unspecified atom stereocenters. The second-order valence-electron chi connectivity index (χ2n) is 5.35. The van der Waals surface area contributed by atoms with Gasteiger partial charge in [-0.15, -0.1) is 0 Å². The lowest BCUT2D eigenvalue weighted by atomic mass is 10.1. The third-order valence-electron chi connectivity index (χ3n) is 3.65. The van der Waals surface area contributed by atoms with Crippen LogP contribution < -0.4 is 5.43 Å². The van der Waals surface area contributed by atoms with Crippen molar-refractivity contribution in [2.45, 2.75) is 6.18 Å². The van der Waals surface area contributed by atoms with E-state index in [2.05, 4.69) is 10.5 Å². The van der Waals surface area contributed by atoms with Crippen LogP contribution in [0.15, 0.2) is 71.8 Å². The number of nitrogens with zero attached hydrogens (tertiary/aromatic N) is 1. The molecule has 1 N–H and O–H groups in total. The average Bonchev–Trinajstić information content (AvgIpc) is 2.60. The maximum atomic E-state index is 12.9. The molecule has 0 radical (unpaired) electrons. The van der Waals surface area contributed by atoms with Crippen LogP contribution in [0.1, 0.15) is 21.5 Å². The lowest BCUT2D eigenvalue weighted by Gasteiger charge is -2.09. The van der Waals surface area contributed by atoms with Crippen LogP contribution in [-0.4, -0.2) is 12.1 Å². The molecule has 0 saturated carbocycles. The molecule has 0 saturated heterocycles.